The zero-order valence-electron chi connectivity index (χ0n) is 14.8. The second-order valence-electron chi connectivity index (χ2n) is 6.35. The van der Waals surface area contributed by atoms with Crippen molar-refractivity contribution in [1.82, 2.24) is 0 Å². The summed E-state index contributed by atoms with van der Waals surface area (Å²) >= 11 is 0. The Kier molecular flexibility index (Phi) is 6.20. The highest BCUT2D eigenvalue weighted by molar-refractivity contribution is 5.90. The lowest BCUT2D eigenvalue weighted by Gasteiger charge is -2.34. The van der Waals surface area contributed by atoms with E-state index < -0.39 is 36.4 Å². The van der Waals surface area contributed by atoms with Crippen molar-refractivity contribution < 1.29 is 34.4 Å². The number of ether oxygens (including phenoxy) is 2. The van der Waals surface area contributed by atoms with Gasteiger partial charge in [0, 0.05) is 0 Å². The van der Waals surface area contributed by atoms with E-state index in [1.807, 2.05) is 0 Å². The van der Waals surface area contributed by atoms with Gasteiger partial charge in [-0.25, -0.2) is 9.59 Å². The number of aliphatic hydroxyl groups excluding tert-OH is 3. The summed E-state index contributed by atoms with van der Waals surface area (Å²) in [5.74, 6) is -1.36. The molecule has 2 aromatic carbocycles. The van der Waals surface area contributed by atoms with Crippen molar-refractivity contribution in [3.8, 4) is 0 Å². The molecule has 0 spiro atoms. The van der Waals surface area contributed by atoms with Gasteiger partial charge in [0.25, 0.3) is 0 Å². The molecule has 146 valence electrons. The highest BCUT2D eigenvalue weighted by Gasteiger charge is 2.41. The van der Waals surface area contributed by atoms with E-state index in [4.69, 9.17) is 9.47 Å². The normalized spacial score (nSPS) is 24.2. The molecule has 0 saturated carbocycles. The van der Waals surface area contributed by atoms with Gasteiger partial charge in [-0.3, -0.25) is 0 Å². The molecule has 4 atom stereocenters. The minimum Gasteiger partial charge on any atom is -0.457 e. The Labute approximate surface area is 161 Å². The molecule has 2 aromatic rings. The molecular formula is C21H20O7. The van der Waals surface area contributed by atoms with Crippen molar-refractivity contribution in [2.24, 2.45) is 0 Å². The van der Waals surface area contributed by atoms with Crippen LogP contribution in [0.2, 0.25) is 0 Å². The second-order valence-corrected chi connectivity index (χ2v) is 6.35. The highest BCUT2D eigenvalue weighted by atomic mass is 16.6. The van der Waals surface area contributed by atoms with Gasteiger partial charge >= 0.3 is 11.9 Å². The van der Waals surface area contributed by atoms with E-state index in [0.29, 0.717) is 5.56 Å². The minimum atomic E-state index is -1.52. The SMILES string of the molecule is O=C(OCC1=CC(O)C(O)C(OC(=O)c2ccccc2)C1O)c1ccccc1. The predicted molar refractivity (Wildman–Crippen MR) is 98.5 cm³/mol. The average molecular weight is 384 g/mol. The summed E-state index contributed by atoms with van der Waals surface area (Å²) in [5.41, 5.74) is 0.706. The highest BCUT2D eigenvalue weighted by Crippen LogP contribution is 2.24. The fraction of sp³-hybridized carbons (Fsp3) is 0.238. The summed E-state index contributed by atoms with van der Waals surface area (Å²) in [7, 11) is 0. The molecule has 0 amide bonds. The van der Waals surface area contributed by atoms with Crippen LogP contribution >= 0.6 is 0 Å². The maximum absolute atomic E-state index is 12.2. The molecule has 1 aliphatic rings. The number of carbonyl (C=O) groups excluding carboxylic acids is 2. The standard InChI is InChI=1S/C21H20O7/c22-16-11-15(12-27-20(25)13-7-3-1-4-8-13)17(23)19(18(16)24)28-21(26)14-9-5-2-6-10-14/h1-11,16-19,22-24H,12H2. The van der Waals surface area contributed by atoms with Crippen LogP contribution in [-0.4, -0.2) is 58.3 Å². The predicted octanol–water partition coefficient (Wildman–Crippen LogP) is 1.09. The van der Waals surface area contributed by atoms with Gasteiger partial charge in [-0.1, -0.05) is 36.4 Å². The van der Waals surface area contributed by atoms with E-state index in [9.17, 15) is 24.9 Å². The molecule has 7 nitrogen and oxygen atoms in total. The van der Waals surface area contributed by atoms with Crippen molar-refractivity contribution in [1.29, 1.82) is 0 Å². The molecule has 0 saturated heterocycles. The third kappa shape index (κ3) is 4.45. The van der Waals surface area contributed by atoms with E-state index >= 15 is 0 Å². The van der Waals surface area contributed by atoms with E-state index in [1.165, 1.54) is 18.2 Å². The van der Waals surface area contributed by atoms with Crippen molar-refractivity contribution in [3.63, 3.8) is 0 Å². The monoisotopic (exact) mass is 384 g/mol. The first kappa shape index (κ1) is 19.8. The molecule has 0 aliphatic heterocycles. The van der Waals surface area contributed by atoms with Crippen LogP contribution < -0.4 is 0 Å². The Hall–Kier alpha value is -3.00. The Balaban J connectivity index is 1.68. The third-order valence-corrected chi connectivity index (χ3v) is 4.39. The van der Waals surface area contributed by atoms with Gasteiger partial charge in [-0.05, 0) is 35.9 Å². The van der Waals surface area contributed by atoms with Crippen molar-refractivity contribution in [2.75, 3.05) is 6.61 Å². The van der Waals surface area contributed by atoms with Gasteiger partial charge in [0.2, 0.25) is 0 Å². The molecule has 7 heteroatoms. The van der Waals surface area contributed by atoms with E-state index in [-0.39, 0.29) is 17.7 Å². The molecule has 0 heterocycles. The Morgan fingerprint density at radius 1 is 0.821 bits per heavy atom. The summed E-state index contributed by atoms with van der Waals surface area (Å²) in [6.07, 6.45) is -4.55. The van der Waals surface area contributed by atoms with Gasteiger partial charge in [-0.2, -0.15) is 0 Å². The van der Waals surface area contributed by atoms with Gasteiger partial charge in [-0.15, -0.1) is 0 Å². The van der Waals surface area contributed by atoms with Crippen LogP contribution in [0.5, 0.6) is 0 Å². The molecule has 0 aromatic heterocycles. The maximum Gasteiger partial charge on any atom is 0.338 e. The summed E-state index contributed by atoms with van der Waals surface area (Å²) in [6, 6.07) is 16.4. The summed E-state index contributed by atoms with van der Waals surface area (Å²) < 4.78 is 10.4. The first-order valence-electron chi connectivity index (χ1n) is 8.70. The molecule has 3 N–H and O–H groups in total. The largest absolute Gasteiger partial charge is 0.457 e. The number of hydrogen-bond donors (Lipinski definition) is 3. The molecule has 28 heavy (non-hydrogen) atoms. The van der Waals surface area contributed by atoms with Gasteiger partial charge in [0.1, 0.15) is 24.9 Å². The molecule has 3 rings (SSSR count). The second kappa shape index (κ2) is 8.79. The molecular weight excluding hydrogens is 364 g/mol. The smallest absolute Gasteiger partial charge is 0.338 e. The first-order valence-corrected chi connectivity index (χ1v) is 8.70. The van der Waals surface area contributed by atoms with Crippen LogP contribution in [0.15, 0.2) is 72.3 Å². The van der Waals surface area contributed by atoms with E-state index in [1.54, 1.807) is 48.5 Å². The summed E-state index contributed by atoms with van der Waals surface area (Å²) in [5, 5.41) is 30.7. The topological polar surface area (TPSA) is 113 Å². The number of aliphatic hydroxyl groups is 3. The fourth-order valence-electron chi connectivity index (χ4n) is 2.85. The molecule has 1 aliphatic carbocycles. The van der Waals surface area contributed by atoms with Gasteiger partial charge < -0.3 is 24.8 Å². The van der Waals surface area contributed by atoms with E-state index in [2.05, 4.69) is 0 Å². The summed E-state index contributed by atoms with van der Waals surface area (Å²) in [4.78, 5) is 24.3. The van der Waals surface area contributed by atoms with Crippen LogP contribution in [0.1, 0.15) is 20.7 Å². The van der Waals surface area contributed by atoms with Gasteiger partial charge in [0.05, 0.1) is 11.1 Å². The van der Waals surface area contributed by atoms with Crippen molar-refractivity contribution >= 4 is 11.9 Å². The van der Waals surface area contributed by atoms with E-state index in [0.717, 1.165) is 0 Å². The van der Waals surface area contributed by atoms with Crippen LogP contribution in [0.3, 0.4) is 0 Å². The number of esters is 2. The van der Waals surface area contributed by atoms with Crippen LogP contribution in [0.25, 0.3) is 0 Å². The van der Waals surface area contributed by atoms with Crippen molar-refractivity contribution in [2.45, 2.75) is 24.4 Å². The molecule has 0 radical (unpaired) electrons. The zero-order chi connectivity index (χ0) is 20.1. The zero-order valence-corrected chi connectivity index (χ0v) is 14.8. The Bertz CT molecular complexity index is 848. The number of rotatable bonds is 5. The van der Waals surface area contributed by atoms with Gasteiger partial charge in [0.15, 0.2) is 6.10 Å². The number of hydrogen-bond acceptors (Lipinski definition) is 7. The lowest BCUT2D eigenvalue weighted by atomic mass is 9.89. The van der Waals surface area contributed by atoms with Crippen LogP contribution in [0.4, 0.5) is 0 Å². The third-order valence-electron chi connectivity index (χ3n) is 4.39. The molecule has 0 fully saturated rings. The fourth-order valence-corrected chi connectivity index (χ4v) is 2.85. The average Bonchev–Trinajstić information content (AvgIpc) is 2.73. The Morgan fingerprint density at radius 3 is 1.93 bits per heavy atom. The first-order chi connectivity index (χ1) is 13.5. The molecule has 4 unspecified atom stereocenters. The lowest BCUT2D eigenvalue weighted by molar-refractivity contribution is -0.103. The summed E-state index contributed by atoms with van der Waals surface area (Å²) in [6.45, 7) is -0.321. The lowest BCUT2D eigenvalue weighted by Crippen LogP contribution is -2.51. The van der Waals surface area contributed by atoms with Crippen molar-refractivity contribution in [3.05, 3.63) is 83.4 Å². The van der Waals surface area contributed by atoms with Crippen LogP contribution in [0, 0.1) is 0 Å². The molecule has 0 bridgehead atoms. The maximum atomic E-state index is 12.2. The number of carbonyl (C=O) groups is 2. The van der Waals surface area contributed by atoms with Crippen LogP contribution in [-0.2, 0) is 9.47 Å². The number of benzene rings is 2. The minimum absolute atomic E-state index is 0.132. The quantitative estimate of drug-likeness (QED) is 0.522. The Morgan fingerprint density at radius 2 is 1.36 bits per heavy atom.